The summed E-state index contributed by atoms with van der Waals surface area (Å²) in [7, 11) is 0. The normalized spacial score (nSPS) is 16.0. The maximum atomic E-state index is 6.31. The van der Waals surface area contributed by atoms with Crippen molar-refractivity contribution in [3.63, 3.8) is 0 Å². The highest BCUT2D eigenvalue weighted by atomic mass is 16.3. The van der Waals surface area contributed by atoms with E-state index >= 15 is 0 Å². The first-order chi connectivity index (χ1) is 27.2. The van der Waals surface area contributed by atoms with Crippen molar-refractivity contribution in [1.29, 1.82) is 0 Å². The van der Waals surface area contributed by atoms with E-state index in [-0.39, 0.29) is 11.8 Å². The Kier molecular flexibility index (Phi) is 7.24. The third-order valence-corrected chi connectivity index (χ3v) is 10.9. The van der Waals surface area contributed by atoms with Crippen LogP contribution in [0.3, 0.4) is 0 Å². The Morgan fingerprint density at radius 1 is 0.436 bits per heavy atom. The van der Waals surface area contributed by atoms with Crippen LogP contribution in [-0.2, 0) is 0 Å². The molecule has 0 bridgehead atoms. The van der Waals surface area contributed by atoms with Gasteiger partial charge >= 0.3 is 0 Å². The summed E-state index contributed by atoms with van der Waals surface area (Å²) >= 11 is 0. The summed E-state index contributed by atoms with van der Waals surface area (Å²) < 4.78 is 6.31. The van der Waals surface area contributed by atoms with E-state index in [4.69, 9.17) is 24.4 Å². The van der Waals surface area contributed by atoms with Crippen LogP contribution in [0.5, 0.6) is 0 Å². The third kappa shape index (κ3) is 5.32. The highest BCUT2D eigenvalue weighted by Crippen LogP contribution is 2.47. The molecule has 0 aliphatic heterocycles. The molecule has 0 amide bonds. The van der Waals surface area contributed by atoms with E-state index in [1.165, 1.54) is 22.3 Å². The van der Waals surface area contributed by atoms with Gasteiger partial charge in [0.2, 0.25) is 5.71 Å². The maximum absolute atomic E-state index is 6.31. The molecule has 5 heteroatoms. The number of benzene rings is 6. The van der Waals surface area contributed by atoms with Gasteiger partial charge in [0, 0.05) is 44.9 Å². The Morgan fingerprint density at radius 2 is 1.04 bits per heavy atom. The number of furan rings is 1. The summed E-state index contributed by atoms with van der Waals surface area (Å²) in [6.45, 7) is 0. The predicted molar refractivity (Wildman–Crippen MR) is 223 cm³/mol. The zero-order chi connectivity index (χ0) is 36.3. The molecule has 0 saturated carbocycles. The number of para-hydroxylation sites is 1. The number of hydrogen-bond acceptors (Lipinski definition) is 5. The molecular formula is C50H32N4O. The monoisotopic (exact) mass is 704 g/mol. The molecule has 3 heterocycles. The second-order valence-corrected chi connectivity index (χ2v) is 14.2. The number of nitrogens with zero attached hydrogens (tertiary/aromatic N) is 4. The molecule has 5 nitrogen and oxygen atoms in total. The van der Waals surface area contributed by atoms with Crippen LogP contribution in [0.2, 0.25) is 0 Å². The fourth-order valence-electron chi connectivity index (χ4n) is 8.32. The zero-order valence-electron chi connectivity index (χ0n) is 29.7. The number of rotatable bonds is 5. The lowest BCUT2D eigenvalue weighted by molar-refractivity contribution is 0.655. The van der Waals surface area contributed by atoms with Gasteiger partial charge in [0.25, 0.3) is 0 Å². The van der Waals surface area contributed by atoms with Gasteiger partial charge in [-0.2, -0.15) is 0 Å². The van der Waals surface area contributed by atoms with E-state index in [1.54, 1.807) is 0 Å². The highest BCUT2D eigenvalue weighted by Gasteiger charge is 2.31. The molecule has 0 N–H and O–H groups in total. The van der Waals surface area contributed by atoms with Gasteiger partial charge in [-0.15, -0.1) is 0 Å². The van der Waals surface area contributed by atoms with Crippen LogP contribution >= 0.6 is 0 Å². The Balaban J connectivity index is 1.06. The second-order valence-electron chi connectivity index (χ2n) is 14.2. The van der Waals surface area contributed by atoms with Crippen molar-refractivity contribution in [3.05, 3.63) is 193 Å². The van der Waals surface area contributed by atoms with Crippen LogP contribution in [0.4, 0.5) is 0 Å². The van der Waals surface area contributed by atoms with Gasteiger partial charge in [0.05, 0.1) is 11.1 Å². The Hall–Kier alpha value is -7.24. The SMILES string of the molecule is C1=CC2C(c3ccccc3)=Cc3ccc(-c4nc(-c5ccccc5)nc(-c5cccc(-c6nc7oc8ccccc8c7c7ccccc67)c5)n4)cc3C2C=C1. The molecule has 2 aliphatic rings. The summed E-state index contributed by atoms with van der Waals surface area (Å²) in [5.74, 6) is 2.31. The molecule has 2 aliphatic carbocycles. The topological polar surface area (TPSA) is 64.7 Å². The van der Waals surface area contributed by atoms with Gasteiger partial charge in [-0.3, -0.25) is 0 Å². The van der Waals surface area contributed by atoms with Crippen LogP contribution in [0, 0.1) is 5.92 Å². The van der Waals surface area contributed by atoms with Crippen molar-refractivity contribution in [3.8, 4) is 45.4 Å². The number of hydrogen-bond donors (Lipinski definition) is 0. The first-order valence-electron chi connectivity index (χ1n) is 18.6. The minimum Gasteiger partial charge on any atom is -0.438 e. The lowest BCUT2D eigenvalue weighted by Crippen LogP contribution is -2.18. The predicted octanol–water partition coefficient (Wildman–Crippen LogP) is 12.4. The molecule has 0 fully saturated rings. The molecule has 2 atom stereocenters. The standard InChI is InChI=1S/C50H32N4O/c1-3-14-31(15-4-1)42-29-33-26-27-36(30-43(33)38-21-8-7-20-37(38)42)49-53-47(32-16-5-2-6-17-32)52-48(54-49)35-19-13-18-34(28-35)46-40-23-10-9-22-39(40)45-41-24-11-12-25-44(41)55-50(45)51-46/h1-30,37-38H. The van der Waals surface area contributed by atoms with Crippen LogP contribution in [0.1, 0.15) is 22.6 Å². The number of pyridine rings is 1. The molecular weight excluding hydrogens is 673 g/mol. The molecule has 3 aromatic heterocycles. The van der Waals surface area contributed by atoms with Crippen molar-refractivity contribution in [2.45, 2.75) is 5.92 Å². The largest absolute Gasteiger partial charge is 0.438 e. The fourth-order valence-corrected chi connectivity index (χ4v) is 8.32. The van der Waals surface area contributed by atoms with Gasteiger partial charge in [-0.05, 0) is 45.8 Å². The second kappa shape index (κ2) is 12.7. The summed E-state index contributed by atoms with van der Waals surface area (Å²) in [4.78, 5) is 20.5. The average Bonchev–Trinajstić information content (AvgIpc) is 3.65. The van der Waals surface area contributed by atoms with Gasteiger partial charge in [-0.1, -0.05) is 164 Å². The minimum atomic E-state index is 0.207. The molecule has 258 valence electrons. The van der Waals surface area contributed by atoms with Crippen LogP contribution in [0.25, 0.3) is 89.9 Å². The third-order valence-electron chi connectivity index (χ3n) is 10.9. The molecule has 9 aromatic rings. The summed E-state index contributed by atoms with van der Waals surface area (Å²) in [6.07, 6.45) is 11.3. The number of fused-ring (bicyclic) bond motifs is 8. The Morgan fingerprint density at radius 3 is 1.82 bits per heavy atom. The van der Waals surface area contributed by atoms with Gasteiger partial charge in [0.1, 0.15) is 5.58 Å². The van der Waals surface area contributed by atoms with E-state index in [0.29, 0.717) is 23.2 Å². The van der Waals surface area contributed by atoms with Crippen LogP contribution in [0.15, 0.2) is 180 Å². The molecule has 0 spiro atoms. The van der Waals surface area contributed by atoms with Crippen molar-refractivity contribution >= 4 is 44.5 Å². The van der Waals surface area contributed by atoms with E-state index in [2.05, 4.69) is 127 Å². The maximum Gasteiger partial charge on any atom is 0.228 e. The van der Waals surface area contributed by atoms with Crippen LogP contribution < -0.4 is 0 Å². The first kappa shape index (κ1) is 31.3. The van der Waals surface area contributed by atoms with E-state index in [0.717, 1.165) is 55.1 Å². The Bertz CT molecular complexity index is 3050. The summed E-state index contributed by atoms with van der Waals surface area (Å²) in [5, 5.41) is 4.26. The minimum absolute atomic E-state index is 0.207. The van der Waals surface area contributed by atoms with Crippen molar-refractivity contribution in [2.24, 2.45) is 5.92 Å². The van der Waals surface area contributed by atoms with E-state index in [9.17, 15) is 0 Å². The molecule has 11 rings (SSSR count). The number of aromatic nitrogens is 4. The average molecular weight is 705 g/mol. The van der Waals surface area contributed by atoms with Gasteiger partial charge in [-0.25, -0.2) is 19.9 Å². The van der Waals surface area contributed by atoms with Crippen LogP contribution in [-0.4, -0.2) is 19.9 Å². The molecule has 2 unspecified atom stereocenters. The van der Waals surface area contributed by atoms with E-state index in [1.807, 2.05) is 54.6 Å². The smallest absolute Gasteiger partial charge is 0.228 e. The van der Waals surface area contributed by atoms with E-state index < -0.39 is 0 Å². The van der Waals surface area contributed by atoms with Crippen molar-refractivity contribution in [2.75, 3.05) is 0 Å². The Labute approximate surface area is 317 Å². The lowest BCUT2D eigenvalue weighted by Gasteiger charge is -2.33. The van der Waals surface area contributed by atoms with Gasteiger partial charge < -0.3 is 4.42 Å². The highest BCUT2D eigenvalue weighted by molar-refractivity contribution is 6.20. The first-order valence-corrected chi connectivity index (χ1v) is 18.6. The molecule has 6 aromatic carbocycles. The fraction of sp³-hybridized carbons (Fsp3) is 0.0400. The zero-order valence-corrected chi connectivity index (χ0v) is 29.7. The van der Waals surface area contributed by atoms with Crippen molar-refractivity contribution in [1.82, 2.24) is 19.9 Å². The molecule has 0 saturated heterocycles. The number of allylic oxidation sites excluding steroid dienone is 5. The molecule has 0 radical (unpaired) electrons. The quantitative estimate of drug-likeness (QED) is 0.178. The summed E-state index contributed by atoms with van der Waals surface area (Å²) in [6, 6.07) is 52.4. The lowest BCUT2D eigenvalue weighted by atomic mass is 9.71. The van der Waals surface area contributed by atoms with Crippen molar-refractivity contribution < 1.29 is 4.42 Å². The summed E-state index contributed by atoms with van der Waals surface area (Å²) in [5.41, 5.74) is 11.1. The van der Waals surface area contributed by atoms with Gasteiger partial charge in [0.15, 0.2) is 17.5 Å². The molecule has 55 heavy (non-hydrogen) atoms.